The van der Waals surface area contributed by atoms with Gasteiger partial charge >= 0.3 is 7.60 Å². The van der Waals surface area contributed by atoms with Crippen molar-refractivity contribution in [3.8, 4) is 0 Å². The van der Waals surface area contributed by atoms with Gasteiger partial charge in [-0.2, -0.15) is 0 Å². The Balaban J connectivity index is 2.66. The van der Waals surface area contributed by atoms with Crippen LogP contribution in [0.3, 0.4) is 0 Å². The van der Waals surface area contributed by atoms with Crippen molar-refractivity contribution in [3.05, 3.63) is 0 Å². The molecule has 1 saturated heterocycles. The van der Waals surface area contributed by atoms with E-state index in [9.17, 15) is 24.7 Å². The van der Waals surface area contributed by atoms with Gasteiger partial charge in [0.1, 0.15) is 18.2 Å². The predicted molar refractivity (Wildman–Crippen MR) is 62.0 cm³/mol. The summed E-state index contributed by atoms with van der Waals surface area (Å²) in [7, 11) is -4.26. The minimum Gasteiger partial charge on any atom is -0.388 e. The highest BCUT2D eigenvalue weighted by atomic mass is 31.2. The van der Waals surface area contributed by atoms with E-state index in [0.29, 0.717) is 0 Å². The monoisotopic (exact) mass is 299 g/mol. The van der Waals surface area contributed by atoms with Crippen LogP contribution < -0.4 is 5.32 Å². The summed E-state index contributed by atoms with van der Waals surface area (Å²) in [5.41, 5.74) is 0. The van der Waals surface area contributed by atoms with Gasteiger partial charge in [-0.15, -0.1) is 0 Å². The number of aliphatic hydroxyl groups is 3. The summed E-state index contributed by atoms with van der Waals surface area (Å²) in [6, 6.07) is -1.20. The Morgan fingerprint density at radius 3 is 2.32 bits per heavy atom. The number of aliphatic hydroxyl groups excluding tert-OH is 3. The third-order valence-corrected chi connectivity index (χ3v) is 3.64. The highest BCUT2D eigenvalue weighted by molar-refractivity contribution is 7.51. The Morgan fingerprint density at radius 1 is 1.26 bits per heavy atom. The van der Waals surface area contributed by atoms with Gasteiger partial charge in [0.15, 0.2) is 6.29 Å². The molecule has 1 fully saturated rings. The minimum absolute atomic E-state index is 0.230. The second kappa shape index (κ2) is 6.27. The molecule has 0 bridgehead atoms. The van der Waals surface area contributed by atoms with Crippen molar-refractivity contribution in [1.82, 2.24) is 5.32 Å². The molecule has 0 radical (unpaired) electrons. The average molecular weight is 299 g/mol. The lowest BCUT2D eigenvalue weighted by atomic mass is 9.95. The summed E-state index contributed by atoms with van der Waals surface area (Å²) in [5.74, 6) is -0.521. The fourth-order valence-corrected chi connectivity index (χ4v) is 2.46. The van der Waals surface area contributed by atoms with E-state index in [-0.39, 0.29) is 6.42 Å². The number of hydrogen-bond acceptors (Lipinski definition) is 6. The van der Waals surface area contributed by atoms with Crippen molar-refractivity contribution in [2.24, 2.45) is 0 Å². The SMILES string of the molecule is CC(=O)N[C@H]1C(O)O[C@H](CCP(=O)(O)O)[C@@H](O)[C@@H]1O. The maximum atomic E-state index is 10.9. The molecule has 1 rings (SSSR count). The first-order valence-electron chi connectivity index (χ1n) is 5.63. The molecule has 1 amide bonds. The summed E-state index contributed by atoms with van der Waals surface area (Å²) in [6.07, 6.45) is -6.42. The molecule has 10 heteroatoms. The van der Waals surface area contributed by atoms with Gasteiger partial charge < -0.3 is 35.2 Å². The van der Waals surface area contributed by atoms with Crippen LogP contribution in [-0.2, 0) is 14.1 Å². The van der Waals surface area contributed by atoms with E-state index in [1.807, 2.05) is 0 Å². The van der Waals surface area contributed by atoms with Crippen molar-refractivity contribution in [3.63, 3.8) is 0 Å². The zero-order valence-corrected chi connectivity index (χ0v) is 11.1. The van der Waals surface area contributed by atoms with Gasteiger partial charge in [0.25, 0.3) is 0 Å². The van der Waals surface area contributed by atoms with Crippen LogP contribution >= 0.6 is 7.60 Å². The Kier molecular flexibility index (Phi) is 5.45. The average Bonchev–Trinajstić information content (AvgIpc) is 2.26. The van der Waals surface area contributed by atoms with E-state index >= 15 is 0 Å². The molecule has 9 nitrogen and oxygen atoms in total. The predicted octanol–water partition coefficient (Wildman–Crippen LogP) is -2.50. The van der Waals surface area contributed by atoms with Gasteiger partial charge in [-0.1, -0.05) is 0 Å². The van der Waals surface area contributed by atoms with Crippen LogP contribution in [0.2, 0.25) is 0 Å². The molecule has 0 saturated carbocycles. The molecule has 1 unspecified atom stereocenters. The molecular formula is C9H18NO8P. The number of amides is 1. The molecule has 1 aliphatic rings. The minimum atomic E-state index is -4.26. The van der Waals surface area contributed by atoms with Gasteiger partial charge in [0.05, 0.1) is 12.3 Å². The summed E-state index contributed by atoms with van der Waals surface area (Å²) in [4.78, 5) is 28.3. The normalized spacial score (nSPS) is 36.0. The summed E-state index contributed by atoms with van der Waals surface area (Å²) in [5, 5.41) is 31.3. The second-order valence-electron chi connectivity index (χ2n) is 4.45. The maximum absolute atomic E-state index is 10.9. The molecule has 0 spiro atoms. The van der Waals surface area contributed by atoms with E-state index in [1.165, 1.54) is 6.92 Å². The van der Waals surface area contributed by atoms with E-state index in [4.69, 9.17) is 14.5 Å². The first-order valence-corrected chi connectivity index (χ1v) is 7.43. The first kappa shape index (κ1) is 16.5. The van der Waals surface area contributed by atoms with Gasteiger partial charge in [-0.25, -0.2) is 0 Å². The zero-order valence-electron chi connectivity index (χ0n) is 10.2. The number of rotatable bonds is 4. The highest BCUT2D eigenvalue weighted by Crippen LogP contribution is 2.37. The van der Waals surface area contributed by atoms with Crippen molar-refractivity contribution in [2.75, 3.05) is 6.16 Å². The van der Waals surface area contributed by atoms with Crippen LogP contribution in [0.25, 0.3) is 0 Å². The molecule has 112 valence electrons. The third-order valence-electron chi connectivity index (χ3n) is 2.80. The van der Waals surface area contributed by atoms with E-state index in [1.54, 1.807) is 0 Å². The lowest BCUT2D eigenvalue weighted by molar-refractivity contribution is -0.247. The zero-order chi connectivity index (χ0) is 14.8. The molecular weight excluding hydrogens is 281 g/mol. The standard InChI is InChI=1S/C9H18NO8P/c1-4(11)10-6-8(13)7(12)5(18-9(6)14)2-3-19(15,16)17/h5-9,12-14H,2-3H2,1H3,(H,10,11)(H2,15,16,17)/t5-,6-,7-,8-,9?/m1/s1. The molecule has 19 heavy (non-hydrogen) atoms. The van der Waals surface area contributed by atoms with Crippen molar-refractivity contribution in [2.45, 2.75) is 44.0 Å². The quantitative estimate of drug-likeness (QED) is 0.311. The number of hydrogen-bond donors (Lipinski definition) is 6. The Hall–Kier alpha value is -0.540. The molecule has 5 atom stereocenters. The van der Waals surface area contributed by atoms with Gasteiger partial charge in [-0.3, -0.25) is 9.36 Å². The third kappa shape index (κ3) is 4.81. The molecule has 6 N–H and O–H groups in total. The fraction of sp³-hybridized carbons (Fsp3) is 0.889. The smallest absolute Gasteiger partial charge is 0.325 e. The van der Waals surface area contributed by atoms with Crippen LogP contribution in [0.5, 0.6) is 0 Å². The number of carbonyl (C=O) groups is 1. The van der Waals surface area contributed by atoms with Crippen molar-refractivity contribution >= 4 is 13.5 Å². The lowest BCUT2D eigenvalue weighted by Gasteiger charge is -2.40. The lowest BCUT2D eigenvalue weighted by Crippen LogP contribution is -2.63. The number of ether oxygens (including phenoxy) is 1. The second-order valence-corrected chi connectivity index (χ2v) is 6.23. The van der Waals surface area contributed by atoms with E-state index < -0.39 is 50.3 Å². The summed E-state index contributed by atoms with van der Waals surface area (Å²) >= 11 is 0. The Bertz CT molecular complexity index is 371. The molecule has 0 aromatic carbocycles. The molecule has 0 aromatic rings. The molecule has 0 aromatic heterocycles. The van der Waals surface area contributed by atoms with E-state index in [2.05, 4.69) is 5.32 Å². The van der Waals surface area contributed by atoms with Crippen molar-refractivity contribution in [1.29, 1.82) is 0 Å². The number of carbonyl (C=O) groups excluding carboxylic acids is 1. The van der Waals surface area contributed by atoms with Crippen LogP contribution in [0.15, 0.2) is 0 Å². The Morgan fingerprint density at radius 2 is 1.84 bits per heavy atom. The summed E-state index contributed by atoms with van der Waals surface area (Å²) < 4.78 is 15.7. The number of nitrogens with one attached hydrogen (secondary N) is 1. The molecule has 1 aliphatic heterocycles. The maximum Gasteiger partial charge on any atom is 0.325 e. The van der Waals surface area contributed by atoms with Crippen LogP contribution in [0.4, 0.5) is 0 Å². The van der Waals surface area contributed by atoms with Gasteiger partial charge in [0, 0.05) is 6.92 Å². The van der Waals surface area contributed by atoms with Gasteiger partial charge in [-0.05, 0) is 6.42 Å². The Labute approximate surface area is 109 Å². The topological polar surface area (TPSA) is 157 Å². The largest absolute Gasteiger partial charge is 0.388 e. The van der Waals surface area contributed by atoms with Gasteiger partial charge in [0.2, 0.25) is 5.91 Å². The van der Waals surface area contributed by atoms with Crippen LogP contribution in [-0.4, -0.2) is 67.8 Å². The van der Waals surface area contributed by atoms with E-state index in [0.717, 1.165) is 0 Å². The summed E-state index contributed by atoms with van der Waals surface area (Å²) in [6.45, 7) is 1.17. The van der Waals surface area contributed by atoms with Crippen molar-refractivity contribution < 1.29 is 39.2 Å². The van der Waals surface area contributed by atoms with Crippen LogP contribution in [0, 0.1) is 0 Å². The fourth-order valence-electron chi connectivity index (χ4n) is 1.87. The molecule has 1 heterocycles. The van der Waals surface area contributed by atoms with Crippen LogP contribution in [0.1, 0.15) is 13.3 Å². The first-order chi connectivity index (χ1) is 8.61. The molecule has 0 aliphatic carbocycles. The highest BCUT2D eigenvalue weighted by Gasteiger charge is 2.44.